The maximum atomic E-state index is 10.7. The molecule has 0 amide bonds. The molecular weight excluding hydrogens is 232 g/mol. The molecule has 18 heavy (non-hydrogen) atoms. The lowest BCUT2D eigenvalue weighted by Gasteiger charge is -2.08. The van der Waals surface area contributed by atoms with E-state index in [4.69, 9.17) is 14.3 Å². The Kier molecular flexibility index (Phi) is 3.67. The van der Waals surface area contributed by atoms with Crippen molar-refractivity contribution in [3.63, 3.8) is 0 Å². The van der Waals surface area contributed by atoms with Crippen LogP contribution < -0.4 is 4.74 Å². The fraction of sp³-hybridized carbons (Fsp3) is 0.214. The lowest BCUT2D eigenvalue weighted by molar-refractivity contribution is 0.0660. The molecule has 0 aliphatic carbocycles. The van der Waals surface area contributed by atoms with Crippen molar-refractivity contribution in [2.75, 3.05) is 6.61 Å². The van der Waals surface area contributed by atoms with Gasteiger partial charge < -0.3 is 14.3 Å². The SMILES string of the molecule is CCOc1ccccc1Cc1ccc(C(=O)O)o1. The fourth-order valence-corrected chi connectivity index (χ4v) is 1.72. The summed E-state index contributed by atoms with van der Waals surface area (Å²) in [7, 11) is 0. The van der Waals surface area contributed by atoms with Crippen molar-refractivity contribution in [2.45, 2.75) is 13.3 Å². The number of para-hydroxylation sites is 1. The fourth-order valence-electron chi connectivity index (χ4n) is 1.72. The number of rotatable bonds is 5. The molecular formula is C14H14O4. The Labute approximate surface area is 105 Å². The summed E-state index contributed by atoms with van der Waals surface area (Å²) in [5.74, 6) is 0.311. The van der Waals surface area contributed by atoms with Crippen molar-refractivity contribution in [3.8, 4) is 5.75 Å². The summed E-state index contributed by atoms with van der Waals surface area (Å²) in [6, 6.07) is 10.8. The van der Waals surface area contributed by atoms with Crippen LogP contribution in [0.3, 0.4) is 0 Å². The third kappa shape index (κ3) is 2.71. The van der Waals surface area contributed by atoms with Crippen LogP contribution in [0, 0.1) is 0 Å². The number of ether oxygens (including phenoxy) is 1. The van der Waals surface area contributed by atoms with Crippen LogP contribution in [0.15, 0.2) is 40.8 Å². The first-order valence-corrected chi connectivity index (χ1v) is 5.73. The van der Waals surface area contributed by atoms with Crippen LogP contribution in [0.4, 0.5) is 0 Å². The maximum absolute atomic E-state index is 10.7. The van der Waals surface area contributed by atoms with Gasteiger partial charge in [-0.05, 0) is 25.1 Å². The second-order valence-corrected chi connectivity index (χ2v) is 3.79. The van der Waals surface area contributed by atoms with Crippen molar-refractivity contribution in [3.05, 3.63) is 53.5 Å². The zero-order valence-electron chi connectivity index (χ0n) is 10.1. The molecule has 1 N–H and O–H groups in total. The molecule has 4 heteroatoms. The van der Waals surface area contributed by atoms with Crippen LogP contribution in [0.2, 0.25) is 0 Å². The van der Waals surface area contributed by atoms with Crippen LogP contribution in [0.25, 0.3) is 0 Å². The molecule has 2 rings (SSSR count). The predicted molar refractivity (Wildman–Crippen MR) is 66.1 cm³/mol. The van der Waals surface area contributed by atoms with Crippen LogP contribution in [-0.2, 0) is 6.42 Å². The molecule has 0 bridgehead atoms. The Morgan fingerprint density at radius 3 is 2.72 bits per heavy atom. The van der Waals surface area contributed by atoms with E-state index in [1.165, 1.54) is 6.07 Å². The van der Waals surface area contributed by atoms with E-state index in [2.05, 4.69) is 0 Å². The highest BCUT2D eigenvalue weighted by Gasteiger charge is 2.11. The summed E-state index contributed by atoms with van der Waals surface area (Å²) >= 11 is 0. The molecule has 0 spiro atoms. The highest BCUT2D eigenvalue weighted by molar-refractivity contribution is 5.84. The summed E-state index contributed by atoms with van der Waals surface area (Å²) in [5.41, 5.74) is 0.977. The first-order chi connectivity index (χ1) is 8.70. The van der Waals surface area contributed by atoms with Crippen molar-refractivity contribution in [2.24, 2.45) is 0 Å². The van der Waals surface area contributed by atoms with Gasteiger partial charge in [-0.2, -0.15) is 0 Å². The second-order valence-electron chi connectivity index (χ2n) is 3.79. The van der Waals surface area contributed by atoms with Gasteiger partial charge in [-0.1, -0.05) is 18.2 Å². The van der Waals surface area contributed by atoms with E-state index in [9.17, 15) is 4.79 Å². The minimum Gasteiger partial charge on any atom is -0.494 e. The van der Waals surface area contributed by atoms with Gasteiger partial charge in [-0.3, -0.25) is 0 Å². The molecule has 0 saturated carbocycles. The number of carboxylic acid groups (broad SMARTS) is 1. The van der Waals surface area contributed by atoms with E-state index >= 15 is 0 Å². The van der Waals surface area contributed by atoms with Crippen LogP contribution in [0.1, 0.15) is 28.8 Å². The van der Waals surface area contributed by atoms with Gasteiger partial charge in [0.25, 0.3) is 0 Å². The van der Waals surface area contributed by atoms with Gasteiger partial charge in [0.1, 0.15) is 11.5 Å². The standard InChI is InChI=1S/C14H14O4/c1-2-17-12-6-4-3-5-10(12)9-11-7-8-13(18-11)14(15)16/h3-8H,2,9H2,1H3,(H,15,16). The Bertz CT molecular complexity index is 542. The molecule has 0 aliphatic heterocycles. The van der Waals surface area contributed by atoms with Gasteiger partial charge >= 0.3 is 5.97 Å². The third-order valence-electron chi connectivity index (χ3n) is 2.51. The Morgan fingerprint density at radius 1 is 1.28 bits per heavy atom. The van der Waals surface area contributed by atoms with Gasteiger partial charge in [0.05, 0.1) is 6.61 Å². The molecule has 2 aromatic rings. The molecule has 0 aliphatic rings. The number of furan rings is 1. The Balaban J connectivity index is 2.19. The average molecular weight is 246 g/mol. The second kappa shape index (κ2) is 5.40. The molecule has 0 atom stereocenters. The summed E-state index contributed by atoms with van der Waals surface area (Å²) in [5, 5.41) is 8.78. The lowest BCUT2D eigenvalue weighted by Crippen LogP contribution is -1.97. The van der Waals surface area contributed by atoms with Crippen molar-refractivity contribution < 1.29 is 19.1 Å². The molecule has 4 nitrogen and oxygen atoms in total. The number of hydrogen-bond acceptors (Lipinski definition) is 3. The minimum atomic E-state index is -1.06. The molecule has 0 saturated heterocycles. The normalized spacial score (nSPS) is 10.3. The van der Waals surface area contributed by atoms with Crippen molar-refractivity contribution in [1.82, 2.24) is 0 Å². The van der Waals surface area contributed by atoms with E-state index in [-0.39, 0.29) is 5.76 Å². The molecule has 0 unspecified atom stereocenters. The van der Waals surface area contributed by atoms with Crippen LogP contribution in [-0.4, -0.2) is 17.7 Å². The number of benzene rings is 1. The number of carboxylic acids is 1. The zero-order chi connectivity index (χ0) is 13.0. The number of hydrogen-bond donors (Lipinski definition) is 1. The average Bonchev–Trinajstić information content (AvgIpc) is 2.81. The molecule has 0 radical (unpaired) electrons. The largest absolute Gasteiger partial charge is 0.494 e. The minimum absolute atomic E-state index is 0.0427. The van der Waals surface area contributed by atoms with E-state index in [0.29, 0.717) is 18.8 Å². The van der Waals surface area contributed by atoms with E-state index in [0.717, 1.165) is 11.3 Å². The summed E-state index contributed by atoms with van der Waals surface area (Å²) in [4.78, 5) is 10.7. The van der Waals surface area contributed by atoms with Crippen molar-refractivity contribution >= 4 is 5.97 Å². The quantitative estimate of drug-likeness (QED) is 0.881. The van der Waals surface area contributed by atoms with Gasteiger partial charge in [0.15, 0.2) is 0 Å². The van der Waals surface area contributed by atoms with Crippen LogP contribution in [0.5, 0.6) is 5.75 Å². The van der Waals surface area contributed by atoms with Crippen molar-refractivity contribution in [1.29, 1.82) is 0 Å². The van der Waals surface area contributed by atoms with E-state index in [1.54, 1.807) is 6.07 Å². The lowest BCUT2D eigenvalue weighted by atomic mass is 10.1. The Hall–Kier alpha value is -2.23. The summed E-state index contributed by atoms with van der Waals surface area (Å²) in [6.45, 7) is 2.52. The Morgan fingerprint density at radius 2 is 2.06 bits per heavy atom. The predicted octanol–water partition coefficient (Wildman–Crippen LogP) is 2.97. The molecule has 1 heterocycles. The number of carbonyl (C=O) groups is 1. The first-order valence-electron chi connectivity index (χ1n) is 5.73. The summed E-state index contributed by atoms with van der Waals surface area (Å²) in [6.07, 6.45) is 0.517. The smallest absolute Gasteiger partial charge is 0.371 e. The number of aromatic carboxylic acids is 1. The highest BCUT2D eigenvalue weighted by atomic mass is 16.5. The topological polar surface area (TPSA) is 59.7 Å². The summed E-state index contributed by atoms with van der Waals surface area (Å²) < 4.78 is 10.7. The van der Waals surface area contributed by atoms with Gasteiger partial charge in [-0.15, -0.1) is 0 Å². The molecule has 94 valence electrons. The molecule has 1 aromatic carbocycles. The third-order valence-corrected chi connectivity index (χ3v) is 2.51. The van der Waals surface area contributed by atoms with Gasteiger partial charge in [-0.25, -0.2) is 4.79 Å². The van der Waals surface area contributed by atoms with Gasteiger partial charge in [0, 0.05) is 12.0 Å². The zero-order valence-corrected chi connectivity index (χ0v) is 10.1. The molecule has 1 aromatic heterocycles. The van der Waals surface area contributed by atoms with E-state index in [1.807, 2.05) is 31.2 Å². The molecule has 0 fully saturated rings. The maximum Gasteiger partial charge on any atom is 0.371 e. The van der Waals surface area contributed by atoms with Crippen LogP contribution >= 0.6 is 0 Å². The van der Waals surface area contributed by atoms with E-state index < -0.39 is 5.97 Å². The monoisotopic (exact) mass is 246 g/mol. The van der Waals surface area contributed by atoms with Gasteiger partial charge in [0.2, 0.25) is 5.76 Å². The first kappa shape index (κ1) is 12.2. The highest BCUT2D eigenvalue weighted by Crippen LogP contribution is 2.22.